The smallest absolute Gasteiger partial charge is 0.321 e. The van der Waals surface area contributed by atoms with Crippen LogP contribution in [-0.2, 0) is 0 Å². The molecular weight excluding hydrogens is 200 g/mol. The molecule has 0 aromatic heterocycles. The first kappa shape index (κ1) is 10.9. The molecule has 0 fully saturated rings. The summed E-state index contributed by atoms with van der Waals surface area (Å²) in [6.07, 6.45) is 0. The third-order valence-electron chi connectivity index (χ3n) is 1.92. The van der Waals surface area contributed by atoms with E-state index >= 15 is 0 Å². The highest BCUT2D eigenvalue weighted by atomic mass is 35.5. The van der Waals surface area contributed by atoms with Crippen LogP contribution in [0, 0.1) is 6.92 Å². The zero-order chi connectivity index (χ0) is 10.7. The summed E-state index contributed by atoms with van der Waals surface area (Å²) >= 11 is 5.91. The molecule has 2 amide bonds. The van der Waals surface area contributed by atoms with Crippen molar-refractivity contribution in [3.8, 4) is 0 Å². The van der Waals surface area contributed by atoms with Crippen LogP contribution in [0.3, 0.4) is 0 Å². The molecular formula is C10H13ClN2O. The Labute approximate surface area is 88.7 Å². The standard InChI is InChI=1S/C10H13ClN2O/c1-7-8(11)5-4-6-9(7)12-10(14)13(2)3/h4-6H,1-3H3,(H,12,14). The summed E-state index contributed by atoms with van der Waals surface area (Å²) in [6.45, 7) is 1.87. The van der Waals surface area contributed by atoms with E-state index in [0.717, 1.165) is 11.3 Å². The van der Waals surface area contributed by atoms with Gasteiger partial charge in [0.2, 0.25) is 0 Å². The lowest BCUT2D eigenvalue weighted by Gasteiger charge is -2.14. The van der Waals surface area contributed by atoms with Gasteiger partial charge in [-0.3, -0.25) is 0 Å². The summed E-state index contributed by atoms with van der Waals surface area (Å²) in [5.41, 5.74) is 1.63. The van der Waals surface area contributed by atoms with Crippen molar-refractivity contribution < 1.29 is 4.79 Å². The fourth-order valence-electron chi connectivity index (χ4n) is 0.970. The molecule has 0 aliphatic rings. The Hall–Kier alpha value is -1.22. The molecule has 14 heavy (non-hydrogen) atoms. The van der Waals surface area contributed by atoms with Gasteiger partial charge >= 0.3 is 6.03 Å². The van der Waals surface area contributed by atoms with Crippen LogP contribution in [0.15, 0.2) is 18.2 Å². The van der Waals surface area contributed by atoms with Crippen molar-refractivity contribution in [1.82, 2.24) is 4.90 Å². The molecule has 0 aliphatic carbocycles. The van der Waals surface area contributed by atoms with Crippen LogP contribution in [0.2, 0.25) is 5.02 Å². The number of rotatable bonds is 1. The molecule has 1 rings (SSSR count). The number of hydrogen-bond acceptors (Lipinski definition) is 1. The first-order valence-electron chi connectivity index (χ1n) is 4.26. The first-order valence-corrected chi connectivity index (χ1v) is 4.63. The largest absolute Gasteiger partial charge is 0.331 e. The van der Waals surface area contributed by atoms with E-state index in [1.54, 1.807) is 26.2 Å². The third-order valence-corrected chi connectivity index (χ3v) is 2.32. The van der Waals surface area contributed by atoms with Crippen molar-refractivity contribution in [3.05, 3.63) is 28.8 Å². The van der Waals surface area contributed by atoms with E-state index in [2.05, 4.69) is 5.32 Å². The maximum absolute atomic E-state index is 11.3. The number of anilines is 1. The zero-order valence-electron chi connectivity index (χ0n) is 8.47. The second-order valence-electron chi connectivity index (χ2n) is 3.24. The van der Waals surface area contributed by atoms with E-state index in [4.69, 9.17) is 11.6 Å². The lowest BCUT2D eigenvalue weighted by Crippen LogP contribution is -2.27. The molecule has 0 atom stereocenters. The van der Waals surface area contributed by atoms with E-state index < -0.39 is 0 Å². The monoisotopic (exact) mass is 212 g/mol. The summed E-state index contributed by atoms with van der Waals surface area (Å²) in [6, 6.07) is 5.26. The van der Waals surface area contributed by atoms with Crippen LogP contribution in [0.5, 0.6) is 0 Å². The van der Waals surface area contributed by atoms with Crippen molar-refractivity contribution in [2.24, 2.45) is 0 Å². The summed E-state index contributed by atoms with van der Waals surface area (Å²) in [5, 5.41) is 3.41. The summed E-state index contributed by atoms with van der Waals surface area (Å²) in [5.74, 6) is 0. The Morgan fingerprint density at radius 1 is 1.43 bits per heavy atom. The molecule has 0 aliphatic heterocycles. The number of urea groups is 1. The summed E-state index contributed by atoms with van der Waals surface area (Å²) in [7, 11) is 3.38. The molecule has 1 aromatic rings. The predicted octanol–water partition coefficient (Wildman–Crippen LogP) is 2.74. The van der Waals surface area contributed by atoms with Crippen molar-refractivity contribution in [1.29, 1.82) is 0 Å². The predicted molar refractivity (Wildman–Crippen MR) is 58.9 cm³/mol. The topological polar surface area (TPSA) is 32.3 Å². The van der Waals surface area contributed by atoms with Gasteiger partial charge in [0.05, 0.1) is 0 Å². The van der Waals surface area contributed by atoms with Gasteiger partial charge in [0.25, 0.3) is 0 Å². The molecule has 3 nitrogen and oxygen atoms in total. The number of amides is 2. The van der Waals surface area contributed by atoms with Gasteiger partial charge in [-0.25, -0.2) is 4.79 Å². The van der Waals surface area contributed by atoms with Crippen LogP contribution in [0.4, 0.5) is 10.5 Å². The summed E-state index contributed by atoms with van der Waals surface area (Å²) in [4.78, 5) is 12.8. The maximum atomic E-state index is 11.3. The van der Waals surface area contributed by atoms with Gasteiger partial charge in [0.15, 0.2) is 0 Å². The molecule has 4 heteroatoms. The Kier molecular flexibility index (Phi) is 3.36. The van der Waals surface area contributed by atoms with Gasteiger partial charge in [-0.15, -0.1) is 0 Å². The quantitative estimate of drug-likeness (QED) is 0.763. The summed E-state index contributed by atoms with van der Waals surface area (Å²) < 4.78 is 0. The number of carbonyl (C=O) groups is 1. The minimum atomic E-state index is -0.157. The number of nitrogens with zero attached hydrogens (tertiary/aromatic N) is 1. The minimum absolute atomic E-state index is 0.157. The molecule has 0 radical (unpaired) electrons. The van der Waals surface area contributed by atoms with E-state index in [9.17, 15) is 4.79 Å². The molecule has 76 valence electrons. The first-order chi connectivity index (χ1) is 6.52. The lowest BCUT2D eigenvalue weighted by atomic mass is 10.2. The second kappa shape index (κ2) is 4.33. The van der Waals surface area contributed by atoms with E-state index in [-0.39, 0.29) is 6.03 Å². The van der Waals surface area contributed by atoms with Crippen LogP contribution >= 0.6 is 11.6 Å². The Morgan fingerprint density at radius 2 is 2.07 bits per heavy atom. The number of nitrogens with one attached hydrogen (secondary N) is 1. The fraction of sp³-hybridized carbons (Fsp3) is 0.300. The fourth-order valence-corrected chi connectivity index (χ4v) is 1.14. The van der Waals surface area contributed by atoms with Gasteiger partial charge < -0.3 is 10.2 Å². The second-order valence-corrected chi connectivity index (χ2v) is 3.64. The van der Waals surface area contributed by atoms with E-state index in [1.807, 2.05) is 13.0 Å². The third kappa shape index (κ3) is 2.39. The van der Waals surface area contributed by atoms with Gasteiger partial charge in [0.1, 0.15) is 0 Å². The van der Waals surface area contributed by atoms with Crippen molar-refractivity contribution in [2.45, 2.75) is 6.92 Å². The number of carbonyl (C=O) groups excluding carboxylic acids is 1. The minimum Gasteiger partial charge on any atom is -0.331 e. The normalized spacial score (nSPS) is 9.71. The van der Waals surface area contributed by atoms with Gasteiger partial charge in [-0.1, -0.05) is 17.7 Å². The molecule has 0 spiro atoms. The van der Waals surface area contributed by atoms with Crippen LogP contribution in [-0.4, -0.2) is 25.0 Å². The highest BCUT2D eigenvalue weighted by Gasteiger charge is 2.07. The van der Waals surface area contributed by atoms with Crippen LogP contribution in [0.1, 0.15) is 5.56 Å². The average Bonchev–Trinajstić information content (AvgIpc) is 2.12. The van der Waals surface area contributed by atoms with Crippen LogP contribution in [0.25, 0.3) is 0 Å². The molecule has 1 aromatic carbocycles. The molecule has 0 unspecified atom stereocenters. The van der Waals surface area contributed by atoms with Crippen molar-refractivity contribution in [2.75, 3.05) is 19.4 Å². The molecule has 0 saturated carbocycles. The highest BCUT2D eigenvalue weighted by Crippen LogP contribution is 2.22. The lowest BCUT2D eigenvalue weighted by molar-refractivity contribution is 0.230. The van der Waals surface area contributed by atoms with Gasteiger partial charge in [-0.2, -0.15) is 0 Å². The Bertz CT molecular complexity index is 350. The van der Waals surface area contributed by atoms with Crippen LogP contribution < -0.4 is 5.32 Å². The number of hydrogen-bond donors (Lipinski definition) is 1. The highest BCUT2D eigenvalue weighted by molar-refractivity contribution is 6.31. The Balaban J connectivity index is 2.87. The molecule has 0 saturated heterocycles. The zero-order valence-corrected chi connectivity index (χ0v) is 9.22. The van der Waals surface area contributed by atoms with Crippen molar-refractivity contribution in [3.63, 3.8) is 0 Å². The molecule has 1 N–H and O–H groups in total. The SMILES string of the molecule is Cc1c(Cl)cccc1NC(=O)N(C)C. The van der Waals surface area contributed by atoms with Crippen molar-refractivity contribution >= 4 is 23.3 Å². The van der Waals surface area contributed by atoms with Gasteiger partial charge in [-0.05, 0) is 24.6 Å². The average molecular weight is 213 g/mol. The number of benzene rings is 1. The molecule has 0 bridgehead atoms. The Morgan fingerprint density at radius 3 is 2.64 bits per heavy atom. The van der Waals surface area contributed by atoms with E-state index in [1.165, 1.54) is 4.90 Å². The molecule has 0 heterocycles. The maximum Gasteiger partial charge on any atom is 0.321 e. The van der Waals surface area contributed by atoms with Gasteiger partial charge in [0, 0.05) is 24.8 Å². The number of halogens is 1. The van der Waals surface area contributed by atoms with E-state index in [0.29, 0.717) is 5.02 Å².